The van der Waals surface area contributed by atoms with E-state index in [1.165, 1.54) is 5.56 Å². The maximum atomic E-state index is 6.50. The summed E-state index contributed by atoms with van der Waals surface area (Å²) in [4.78, 5) is 9.95. The molecule has 7 rings (SSSR count). The zero-order valence-corrected chi connectivity index (χ0v) is 21.8. The van der Waals surface area contributed by atoms with Crippen LogP contribution in [0.25, 0.3) is 67.1 Å². The van der Waals surface area contributed by atoms with Gasteiger partial charge in [0, 0.05) is 39.6 Å². The minimum absolute atomic E-state index is 0.707. The van der Waals surface area contributed by atoms with E-state index in [0.29, 0.717) is 5.82 Å². The van der Waals surface area contributed by atoms with E-state index in [2.05, 4.69) is 85.4 Å². The first-order valence-corrected chi connectivity index (χ1v) is 13.1. The maximum absolute atomic E-state index is 6.50. The molecule has 4 nitrogen and oxygen atoms in total. The minimum atomic E-state index is 0.707. The number of rotatable bonds is 4. The molecule has 0 aliphatic rings. The Hall–Kier alpha value is -5.09. The summed E-state index contributed by atoms with van der Waals surface area (Å²) in [5, 5.41) is 2.17. The third kappa shape index (κ3) is 4.07. The van der Waals surface area contributed by atoms with Crippen LogP contribution in [-0.2, 0) is 7.05 Å². The molecular formula is C35H26N3O+. The van der Waals surface area contributed by atoms with Crippen LogP contribution in [-0.4, -0.2) is 9.97 Å². The highest BCUT2D eigenvalue weighted by Gasteiger charge is 2.20. The molecule has 0 spiro atoms. The van der Waals surface area contributed by atoms with E-state index < -0.39 is 0 Å². The Labute approximate surface area is 226 Å². The standard InChI is InChI=1S/C35H26N3O/c1-23-16-18-27-28-21-26(17-19-32(28)39-34(27)33(23)31-15-9-10-20-38(31)2)30-22-29(24-11-5-3-6-12-24)36-35(37-30)25-13-7-4-8-14-25/h3-22H,1-2H3/q+1. The molecule has 3 heterocycles. The van der Waals surface area contributed by atoms with E-state index in [4.69, 9.17) is 14.4 Å². The molecule has 0 N–H and O–H groups in total. The number of furan rings is 1. The smallest absolute Gasteiger partial charge is 0.216 e. The summed E-state index contributed by atoms with van der Waals surface area (Å²) in [6.07, 6.45) is 2.07. The van der Waals surface area contributed by atoms with Crippen LogP contribution in [0.3, 0.4) is 0 Å². The fraction of sp³-hybridized carbons (Fsp3) is 0.0571. The maximum Gasteiger partial charge on any atom is 0.216 e. The van der Waals surface area contributed by atoms with Gasteiger partial charge in [-0.2, -0.15) is 0 Å². The lowest BCUT2D eigenvalue weighted by Gasteiger charge is -2.09. The van der Waals surface area contributed by atoms with Crippen molar-refractivity contribution in [1.29, 1.82) is 0 Å². The Bertz CT molecular complexity index is 1920. The van der Waals surface area contributed by atoms with Gasteiger partial charge in [-0.05, 0) is 42.8 Å². The predicted molar refractivity (Wildman–Crippen MR) is 157 cm³/mol. The summed E-state index contributed by atoms with van der Waals surface area (Å²) in [6, 6.07) is 39.4. The zero-order chi connectivity index (χ0) is 26.3. The van der Waals surface area contributed by atoms with Gasteiger partial charge in [-0.1, -0.05) is 72.8 Å². The molecule has 4 heteroatoms. The third-order valence-electron chi connectivity index (χ3n) is 7.28. The molecular weight excluding hydrogens is 478 g/mol. The quantitative estimate of drug-likeness (QED) is 0.227. The number of benzene rings is 4. The Balaban J connectivity index is 1.44. The van der Waals surface area contributed by atoms with Crippen molar-refractivity contribution in [3.8, 4) is 45.2 Å². The summed E-state index contributed by atoms with van der Waals surface area (Å²) < 4.78 is 8.64. The van der Waals surface area contributed by atoms with E-state index in [1.807, 2.05) is 54.6 Å². The molecule has 0 fully saturated rings. The van der Waals surface area contributed by atoms with Gasteiger partial charge in [-0.3, -0.25) is 0 Å². The molecule has 186 valence electrons. The van der Waals surface area contributed by atoms with Gasteiger partial charge in [0.05, 0.1) is 17.0 Å². The number of aromatic nitrogens is 3. The van der Waals surface area contributed by atoms with E-state index in [0.717, 1.165) is 61.3 Å². The molecule has 3 aromatic heterocycles. The summed E-state index contributed by atoms with van der Waals surface area (Å²) in [5.74, 6) is 0.707. The third-order valence-corrected chi connectivity index (χ3v) is 7.28. The molecule has 0 saturated carbocycles. The molecule has 4 aromatic carbocycles. The first kappa shape index (κ1) is 23.1. The average Bonchev–Trinajstić information content (AvgIpc) is 3.36. The Morgan fingerprint density at radius 2 is 1.31 bits per heavy atom. The second kappa shape index (κ2) is 9.34. The van der Waals surface area contributed by atoms with Crippen LogP contribution >= 0.6 is 0 Å². The molecule has 7 aromatic rings. The van der Waals surface area contributed by atoms with Crippen LogP contribution in [0.5, 0.6) is 0 Å². The lowest BCUT2D eigenvalue weighted by Crippen LogP contribution is -2.30. The fourth-order valence-corrected chi connectivity index (χ4v) is 5.27. The normalized spacial score (nSPS) is 11.3. The van der Waals surface area contributed by atoms with E-state index >= 15 is 0 Å². The van der Waals surface area contributed by atoms with Crippen LogP contribution in [0.4, 0.5) is 0 Å². The van der Waals surface area contributed by atoms with Crippen molar-refractivity contribution in [2.45, 2.75) is 6.92 Å². The number of hydrogen-bond acceptors (Lipinski definition) is 3. The first-order valence-electron chi connectivity index (χ1n) is 13.1. The van der Waals surface area contributed by atoms with Gasteiger partial charge in [-0.25, -0.2) is 14.5 Å². The monoisotopic (exact) mass is 504 g/mol. The van der Waals surface area contributed by atoms with Crippen LogP contribution < -0.4 is 4.57 Å². The van der Waals surface area contributed by atoms with E-state index in [-0.39, 0.29) is 0 Å². The minimum Gasteiger partial charge on any atom is -0.455 e. The highest BCUT2D eigenvalue weighted by molar-refractivity contribution is 6.10. The molecule has 0 radical (unpaired) electrons. The Morgan fingerprint density at radius 1 is 0.615 bits per heavy atom. The summed E-state index contributed by atoms with van der Waals surface area (Å²) >= 11 is 0. The van der Waals surface area contributed by atoms with Crippen molar-refractivity contribution in [3.05, 3.63) is 127 Å². The van der Waals surface area contributed by atoms with Crippen molar-refractivity contribution in [3.63, 3.8) is 0 Å². The van der Waals surface area contributed by atoms with Crippen molar-refractivity contribution >= 4 is 21.9 Å². The van der Waals surface area contributed by atoms with Gasteiger partial charge >= 0.3 is 0 Å². The zero-order valence-electron chi connectivity index (χ0n) is 21.8. The molecule has 0 aliphatic heterocycles. The van der Waals surface area contributed by atoms with E-state index in [1.54, 1.807) is 0 Å². The molecule has 0 atom stereocenters. The molecule has 0 aliphatic carbocycles. The second-order valence-electron chi connectivity index (χ2n) is 9.84. The van der Waals surface area contributed by atoms with Gasteiger partial charge in [0.25, 0.3) is 0 Å². The first-order chi connectivity index (χ1) is 19.2. The van der Waals surface area contributed by atoms with Crippen LogP contribution in [0.2, 0.25) is 0 Å². The molecule has 0 amide bonds. The van der Waals surface area contributed by atoms with Gasteiger partial charge in [0.15, 0.2) is 12.0 Å². The number of hydrogen-bond donors (Lipinski definition) is 0. The van der Waals surface area contributed by atoms with Gasteiger partial charge in [-0.15, -0.1) is 0 Å². The summed E-state index contributed by atoms with van der Waals surface area (Å²) in [7, 11) is 2.07. The Morgan fingerprint density at radius 3 is 2.05 bits per heavy atom. The van der Waals surface area contributed by atoms with Gasteiger partial charge in [0.2, 0.25) is 5.69 Å². The lowest BCUT2D eigenvalue weighted by molar-refractivity contribution is -0.660. The van der Waals surface area contributed by atoms with Crippen molar-refractivity contribution in [2.24, 2.45) is 7.05 Å². The Kier molecular flexibility index (Phi) is 5.52. The molecule has 0 unspecified atom stereocenters. The highest BCUT2D eigenvalue weighted by Crippen LogP contribution is 2.38. The van der Waals surface area contributed by atoms with Crippen LogP contribution in [0.15, 0.2) is 126 Å². The number of nitrogens with zero attached hydrogens (tertiary/aromatic N) is 3. The number of aryl methyl sites for hydroxylation is 2. The predicted octanol–water partition coefficient (Wildman–Crippen LogP) is 8.18. The van der Waals surface area contributed by atoms with Crippen molar-refractivity contribution < 1.29 is 8.98 Å². The second-order valence-corrected chi connectivity index (χ2v) is 9.84. The van der Waals surface area contributed by atoms with E-state index in [9.17, 15) is 0 Å². The van der Waals surface area contributed by atoms with Crippen LogP contribution in [0.1, 0.15) is 5.56 Å². The topological polar surface area (TPSA) is 42.8 Å². The number of pyridine rings is 1. The van der Waals surface area contributed by atoms with Crippen LogP contribution in [0, 0.1) is 6.92 Å². The highest BCUT2D eigenvalue weighted by atomic mass is 16.3. The summed E-state index contributed by atoms with van der Waals surface area (Å²) in [6.45, 7) is 2.14. The molecule has 0 bridgehead atoms. The lowest BCUT2D eigenvalue weighted by atomic mass is 9.99. The molecule has 0 saturated heterocycles. The average molecular weight is 505 g/mol. The fourth-order valence-electron chi connectivity index (χ4n) is 5.27. The molecule has 39 heavy (non-hydrogen) atoms. The SMILES string of the molecule is Cc1ccc2c(oc3ccc(-c4cc(-c5ccccc5)nc(-c5ccccc5)n4)cc32)c1-c1cccc[n+]1C. The van der Waals surface area contributed by atoms with Crippen molar-refractivity contribution in [1.82, 2.24) is 9.97 Å². The summed E-state index contributed by atoms with van der Waals surface area (Å²) in [5.41, 5.74) is 10.0. The number of fused-ring (bicyclic) bond motifs is 3. The van der Waals surface area contributed by atoms with Gasteiger partial charge in [0.1, 0.15) is 18.2 Å². The largest absolute Gasteiger partial charge is 0.455 e. The van der Waals surface area contributed by atoms with Gasteiger partial charge < -0.3 is 4.42 Å². The van der Waals surface area contributed by atoms with Crippen molar-refractivity contribution in [2.75, 3.05) is 0 Å².